The van der Waals surface area contributed by atoms with Crippen LogP contribution in [-0.2, 0) is 6.18 Å². The maximum atomic E-state index is 12.9. The Bertz CT molecular complexity index is 1030. The quantitative estimate of drug-likeness (QED) is 0.520. The van der Waals surface area contributed by atoms with Gasteiger partial charge in [-0.05, 0) is 13.0 Å². The van der Waals surface area contributed by atoms with Crippen molar-refractivity contribution >= 4 is 28.1 Å². The molecule has 0 saturated carbocycles. The standard InChI is InChI=1S/C13H7F3N4O3S/c1-6-9-10(17-12(13(14,15)16)24-11(9)21)19(18-6)7-3-2-4-8(5-7)20(22)23/h2-5H,1H3. The third-order valence-electron chi connectivity index (χ3n) is 3.16. The molecule has 0 N–H and O–H groups in total. The molecule has 0 atom stereocenters. The minimum absolute atomic E-state index is 0.00874. The van der Waals surface area contributed by atoms with E-state index in [0.29, 0.717) is 0 Å². The molecule has 3 aromatic rings. The number of benzene rings is 1. The summed E-state index contributed by atoms with van der Waals surface area (Å²) < 4.78 is 38.9. The summed E-state index contributed by atoms with van der Waals surface area (Å²) in [6.07, 6.45) is -4.77. The topological polar surface area (TPSA) is 90.9 Å². The van der Waals surface area contributed by atoms with Gasteiger partial charge in [0.2, 0.25) is 9.75 Å². The molecule has 7 nitrogen and oxygen atoms in total. The molecule has 124 valence electrons. The van der Waals surface area contributed by atoms with Gasteiger partial charge in [-0.2, -0.15) is 18.3 Å². The summed E-state index contributed by atoms with van der Waals surface area (Å²) in [4.78, 5) is 25.7. The predicted octanol–water partition coefficient (Wildman–Crippen LogP) is 3.08. The summed E-state index contributed by atoms with van der Waals surface area (Å²) in [6, 6.07) is 5.17. The van der Waals surface area contributed by atoms with E-state index in [1.165, 1.54) is 25.1 Å². The van der Waals surface area contributed by atoms with E-state index in [1.54, 1.807) is 0 Å². The molecule has 3 rings (SSSR count). The van der Waals surface area contributed by atoms with Gasteiger partial charge in [0.15, 0.2) is 5.65 Å². The maximum Gasteiger partial charge on any atom is 0.443 e. The lowest BCUT2D eigenvalue weighted by molar-refractivity contribution is -0.384. The molecule has 0 aliphatic heterocycles. The van der Waals surface area contributed by atoms with E-state index in [-0.39, 0.29) is 39.4 Å². The third kappa shape index (κ3) is 2.62. The summed E-state index contributed by atoms with van der Waals surface area (Å²) >= 11 is -0.00874. The van der Waals surface area contributed by atoms with Crippen LogP contribution in [0.3, 0.4) is 0 Å². The average Bonchev–Trinajstić information content (AvgIpc) is 2.84. The van der Waals surface area contributed by atoms with E-state index < -0.39 is 20.8 Å². The lowest BCUT2D eigenvalue weighted by atomic mass is 10.3. The first-order valence-corrected chi connectivity index (χ1v) is 7.22. The van der Waals surface area contributed by atoms with Crippen LogP contribution in [-0.4, -0.2) is 19.7 Å². The molecule has 0 fully saturated rings. The van der Waals surface area contributed by atoms with Crippen molar-refractivity contribution in [1.82, 2.24) is 14.8 Å². The molecular weight excluding hydrogens is 349 g/mol. The van der Waals surface area contributed by atoms with Gasteiger partial charge in [0.1, 0.15) is 5.39 Å². The highest BCUT2D eigenvalue weighted by molar-refractivity contribution is 7.09. The van der Waals surface area contributed by atoms with Crippen molar-refractivity contribution in [2.24, 2.45) is 0 Å². The van der Waals surface area contributed by atoms with E-state index in [2.05, 4.69) is 10.1 Å². The second kappa shape index (κ2) is 5.37. The first-order chi connectivity index (χ1) is 11.2. The fraction of sp³-hybridized carbons (Fsp3) is 0.154. The predicted molar refractivity (Wildman–Crippen MR) is 79.4 cm³/mol. The van der Waals surface area contributed by atoms with Crippen LogP contribution in [0.5, 0.6) is 0 Å². The molecule has 0 radical (unpaired) electrons. The SMILES string of the molecule is Cc1nn(-c2cccc([N+](=O)[O-])c2)c2nc(C(F)(F)F)sc(=O)c12. The molecule has 0 bridgehead atoms. The first kappa shape index (κ1) is 16.1. The Kier molecular flexibility index (Phi) is 3.59. The number of aromatic nitrogens is 3. The van der Waals surface area contributed by atoms with Crippen LogP contribution in [0.1, 0.15) is 10.7 Å². The minimum Gasteiger partial charge on any atom is -0.277 e. The number of hydrogen-bond donors (Lipinski definition) is 0. The van der Waals surface area contributed by atoms with Gasteiger partial charge in [-0.1, -0.05) is 17.4 Å². The monoisotopic (exact) mass is 356 g/mol. The number of fused-ring (bicyclic) bond motifs is 1. The average molecular weight is 356 g/mol. The Hall–Kier alpha value is -2.82. The fourth-order valence-corrected chi connectivity index (χ4v) is 2.92. The van der Waals surface area contributed by atoms with E-state index in [4.69, 9.17) is 0 Å². The molecule has 11 heteroatoms. The minimum atomic E-state index is -4.77. The van der Waals surface area contributed by atoms with Crippen LogP contribution >= 0.6 is 11.3 Å². The molecule has 0 amide bonds. The highest BCUT2D eigenvalue weighted by Gasteiger charge is 2.35. The lowest BCUT2D eigenvalue weighted by Gasteiger charge is -2.06. The molecule has 2 aromatic heterocycles. The number of non-ortho nitro benzene ring substituents is 1. The number of nitro benzene ring substituents is 1. The van der Waals surface area contributed by atoms with E-state index in [9.17, 15) is 28.1 Å². The lowest BCUT2D eigenvalue weighted by Crippen LogP contribution is -2.11. The number of halogens is 3. The smallest absolute Gasteiger partial charge is 0.277 e. The Morgan fingerprint density at radius 3 is 2.67 bits per heavy atom. The summed E-state index contributed by atoms with van der Waals surface area (Å²) in [5.74, 6) is 0. The zero-order valence-electron chi connectivity index (χ0n) is 11.9. The second-order valence-electron chi connectivity index (χ2n) is 4.78. The Balaban J connectivity index is 2.33. The summed E-state index contributed by atoms with van der Waals surface area (Å²) in [6.45, 7) is 1.46. The Labute approximate surface area is 135 Å². The van der Waals surface area contributed by atoms with Crippen LogP contribution in [0.15, 0.2) is 29.1 Å². The van der Waals surface area contributed by atoms with Crippen LogP contribution in [0.25, 0.3) is 16.7 Å². The molecular formula is C13H7F3N4O3S. The highest BCUT2D eigenvalue weighted by Crippen LogP contribution is 2.31. The fourth-order valence-electron chi connectivity index (χ4n) is 2.15. The number of nitrogens with zero attached hydrogens (tertiary/aromatic N) is 4. The number of rotatable bonds is 2. The van der Waals surface area contributed by atoms with Crippen molar-refractivity contribution in [3.63, 3.8) is 0 Å². The van der Waals surface area contributed by atoms with Crippen molar-refractivity contribution in [2.75, 3.05) is 0 Å². The van der Waals surface area contributed by atoms with Gasteiger partial charge < -0.3 is 0 Å². The highest BCUT2D eigenvalue weighted by atomic mass is 32.1. The summed E-state index contributed by atoms with van der Waals surface area (Å²) in [5, 5.41) is 13.5. The van der Waals surface area contributed by atoms with Crippen molar-refractivity contribution in [2.45, 2.75) is 13.1 Å². The summed E-state index contributed by atoms with van der Waals surface area (Å²) in [7, 11) is 0. The molecule has 2 heterocycles. The van der Waals surface area contributed by atoms with Crippen LogP contribution in [0.2, 0.25) is 0 Å². The van der Waals surface area contributed by atoms with Crippen molar-refractivity contribution in [3.05, 3.63) is 54.6 Å². The van der Waals surface area contributed by atoms with Gasteiger partial charge in [0, 0.05) is 12.1 Å². The van der Waals surface area contributed by atoms with Gasteiger partial charge in [-0.25, -0.2) is 9.67 Å². The summed E-state index contributed by atoms with van der Waals surface area (Å²) in [5.41, 5.74) is -0.215. The van der Waals surface area contributed by atoms with Crippen molar-refractivity contribution < 1.29 is 18.1 Å². The number of alkyl halides is 3. The Morgan fingerprint density at radius 1 is 1.33 bits per heavy atom. The first-order valence-electron chi connectivity index (χ1n) is 6.41. The van der Waals surface area contributed by atoms with E-state index in [0.717, 1.165) is 10.7 Å². The van der Waals surface area contributed by atoms with Crippen molar-refractivity contribution in [1.29, 1.82) is 0 Å². The number of nitro groups is 1. The van der Waals surface area contributed by atoms with Crippen LogP contribution in [0, 0.1) is 17.0 Å². The van der Waals surface area contributed by atoms with Gasteiger partial charge in [0.25, 0.3) is 5.69 Å². The number of hydrogen-bond acceptors (Lipinski definition) is 6. The molecule has 1 aromatic carbocycles. The number of aryl methyl sites for hydroxylation is 1. The van der Waals surface area contributed by atoms with Crippen LogP contribution in [0.4, 0.5) is 18.9 Å². The van der Waals surface area contributed by atoms with E-state index >= 15 is 0 Å². The molecule has 0 spiro atoms. The maximum absolute atomic E-state index is 12.9. The molecule has 0 saturated heterocycles. The molecule has 0 aliphatic carbocycles. The molecule has 0 aliphatic rings. The van der Waals surface area contributed by atoms with Crippen molar-refractivity contribution in [3.8, 4) is 5.69 Å². The molecule has 0 unspecified atom stereocenters. The normalized spacial score (nSPS) is 11.8. The third-order valence-corrected chi connectivity index (χ3v) is 4.07. The zero-order valence-corrected chi connectivity index (χ0v) is 12.7. The van der Waals surface area contributed by atoms with E-state index in [1.807, 2.05) is 0 Å². The van der Waals surface area contributed by atoms with Crippen LogP contribution < -0.4 is 4.74 Å². The molecule has 24 heavy (non-hydrogen) atoms. The van der Waals surface area contributed by atoms with Gasteiger partial charge in [-0.15, -0.1) is 0 Å². The zero-order chi connectivity index (χ0) is 17.6. The van der Waals surface area contributed by atoms with Gasteiger partial charge >= 0.3 is 6.18 Å². The van der Waals surface area contributed by atoms with Gasteiger partial charge in [-0.3, -0.25) is 14.9 Å². The Morgan fingerprint density at radius 2 is 2.04 bits per heavy atom. The van der Waals surface area contributed by atoms with Gasteiger partial charge in [0.05, 0.1) is 16.3 Å². The largest absolute Gasteiger partial charge is 0.443 e. The second-order valence-corrected chi connectivity index (χ2v) is 5.74.